The highest BCUT2D eigenvalue weighted by molar-refractivity contribution is 5.17. The van der Waals surface area contributed by atoms with Crippen LogP contribution in [0.3, 0.4) is 0 Å². The van der Waals surface area contributed by atoms with Crippen LogP contribution >= 0.6 is 0 Å². The first kappa shape index (κ1) is 11.7. The van der Waals surface area contributed by atoms with Crippen molar-refractivity contribution in [1.29, 1.82) is 0 Å². The van der Waals surface area contributed by atoms with Gasteiger partial charge in [-0.25, -0.2) is 4.98 Å². The lowest BCUT2D eigenvalue weighted by molar-refractivity contribution is 0.251. The molecule has 0 amide bonds. The average molecular weight is 220 g/mol. The summed E-state index contributed by atoms with van der Waals surface area (Å²) in [5.41, 5.74) is 1.73. The van der Waals surface area contributed by atoms with Crippen molar-refractivity contribution in [2.75, 3.05) is 0 Å². The Hall–Kier alpha value is -0.790. The molecule has 0 saturated heterocycles. The molecule has 90 valence electrons. The lowest BCUT2D eigenvalue weighted by Crippen LogP contribution is -2.21. The smallest absolute Gasteiger partial charge is 0.109 e. The Morgan fingerprint density at radius 2 is 1.81 bits per heavy atom. The van der Waals surface area contributed by atoms with Crippen LogP contribution in [-0.2, 0) is 11.8 Å². The van der Waals surface area contributed by atoms with Crippen molar-refractivity contribution in [3.05, 3.63) is 17.7 Å². The number of aromatic nitrogens is 2. The maximum absolute atomic E-state index is 4.79. The van der Waals surface area contributed by atoms with Gasteiger partial charge in [-0.2, -0.15) is 0 Å². The van der Waals surface area contributed by atoms with E-state index in [0.717, 1.165) is 6.42 Å². The van der Waals surface area contributed by atoms with Crippen molar-refractivity contribution in [3.8, 4) is 0 Å². The Bertz CT molecular complexity index is 388. The van der Waals surface area contributed by atoms with Gasteiger partial charge >= 0.3 is 0 Å². The first-order valence-electron chi connectivity index (χ1n) is 6.28. The number of rotatable bonds is 0. The highest BCUT2D eigenvalue weighted by atomic mass is 15.1. The average Bonchev–Trinajstić information content (AvgIpc) is 2.53. The summed E-state index contributed by atoms with van der Waals surface area (Å²) in [5.74, 6) is 1.28. The minimum absolute atomic E-state index is 0.166. The molecule has 2 nitrogen and oxygen atoms in total. The molecule has 1 aromatic rings. The van der Waals surface area contributed by atoms with E-state index in [1.165, 1.54) is 17.9 Å². The molecule has 0 spiro atoms. The Morgan fingerprint density at radius 1 is 1.19 bits per heavy atom. The van der Waals surface area contributed by atoms with E-state index in [2.05, 4.69) is 52.3 Å². The van der Waals surface area contributed by atoms with Gasteiger partial charge in [-0.3, -0.25) is 0 Å². The molecule has 1 atom stereocenters. The van der Waals surface area contributed by atoms with Crippen molar-refractivity contribution in [1.82, 2.24) is 9.55 Å². The molecule has 0 aliphatic carbocycles. The number of hydrogen-bond donors (Lipinski definition) is 0. The zero-order valence-electron chi connectivity index (χ0n) is 11.5. The Labute approximate surface area is 99.1 Å². The molecule has 0 radical (unpaired) electrons. The van der Waals surface area contributed by atoms with Crippen LogP contribution in [0, 0.1) is 5.41 Å². The van der Waals surface area contributed by atoms with Crippen molar-refractivity contribution in [2.45, 2.75) is 65.8 Å². The van der Waals surface area contributed by atoms with Crippen LogP contribution in [0.1, 0.15) is 65.5 Å². The van der Waals surface area contributed by atoms with Crippen LogP contribution in [-0.4, -0.2) is 9.55 Å². The molecule has 0 aromatic carbocycles. The molecule has 1 aliphatic rings. The van der Waals surface area contributed by atoms with E-state index < -0.39 is 0 Å². The lowest BCUT2D eigenvalue weighted by Gasteiger charge is -2.28. The van der Waals surface area contributed by atoms with Crippen molar-refractivity contribution < 1.29 is 0 Å². The van der Waals surface area contributed by atoms with Crippen molar-refractivity contribution >= 4 is 0 Å². The second-order valence-corrected chi connectivity index (χ2v) is 7.12. The van der Waals surface area contributed by atoms with Crippen LogP contribution in [0.5, 0.6) is 0 Å². The Morgan fingerprint density at radius 3 is 2.31 bits per heavy atom. The fourth-order valence-corrected chi connectivity index (χ4v) is 2.50. The molecular weight excluding hydrogens is 196 g/mol. The quantitative estimate of drug-likeness (QED) is 0.651. The van der Waals surface area contributed by atoms with Gasteiger partial charge in [-0.1, -0.05) is 41.5 Å². The zero-order chi connectivity index (χ0) is 12.1. The maximum Gasteiger partial charge on any atom is 0.109 e. The molecule has 0 bridgehead atoms. The van der Waals surface area contributed by atoms with Crippen LogP contribution in [0.15, 0.2) is 6.20 Å². The van der Waals surface area contributed by atoms with E-state index in [9.17, 15) is 0 Å². The summed E-state index contributed by atoms with van der Waals surface area (Å²) in [5, 5.41) is 0. The third-order valence-electron chi connectivity index (χ3n) is 3.55. The first-order chi connectivity index (χ1) is 7.19. The molecule has 16 heavy (non-hydrogen) atoms. The second-order valence-electron chi connectivity index (χ2n) is 7.12. The summed E-state index contributed by atoms with van der Waals surface area (Å²) in [6, 6.07) is 0.617. The van der Waals surface area contributed by atoms with Gasteiger partial charge in [0.25, 0.3) is 0 Å². The summed E-state index contributed by atoms with van der Waals surface area (Å²) in [7, 11) is 0. The molecule has 2 heterocycles. The van der Waals surface area contributed by atoms with E-state index in [1.54, 1.807) is 0 Å². The van der Waals surface area contributed by atoms with Gasteiger partial charge in [0, 0.05) is 24.1 Å². The van der Waals surface area contributed by atoms with Crippen LogP contribution in [0.25, 0.3) is 0 Å². The maximum atomic E-state index is 4.79. The van der Waals surface area contributed by atoms with E-state index in [4.69, 9.17) is 4.98 Å². The predicted molar refractivity (Wildman–Crippen MR) is 67.7 cm³/mol. The molecule has 1 aliphatic heterocycles. The SMILES string of the molecule is CC(C)(C)c1cn2c(n1)CCC2C(C)(C)C. The Kier molecular flexibility index (Phi) is 2.45. The number of hydrogen-bond acceptors (Lipinski definition) is 1. The van der Waals surface area contributed by atoms with Gasteiger partial charge in [0.2, 0.25) is 0 Å². The standard InChI is InChI=1S/C14H24N2/c1-13(2,3)10-9-16-11(14(4,5)6)7-8-12(16)15-10/h9,11H,7-8H2,1-6H3. The van der Waals surface area contributed by atoms with Gasteiger partial charge in [0.15, 0.2) is 0 Å². The van der Waals surface area contributed by atoms with E-state index in [0.29, 0.717) is 11.5 Å². The summed E-state index contributed by atoms with van der Waals surface area (Å²) >= 11 is 0. The van der Waals surface area contributed by atoms with Crippen LogP contribution < -0.4 is 0 Å². The molecule has 1 aromatic heterocycles. The Balaban J connectivity index is 2.38. The normalized spacial score (nSPS) is 21.2. The van der Waals surface area contributed by atoms with E-state index in [1.807, 2.05) is 0 Å². The minimum Gasteiger partial charge on any atom is -0.331 e. The molecule has 2 rings (SSSR count). The number of nitrogens with zero attached hydrogens (tertiary/aromatic N) is 2. The summed E-state index contributed by atoms with van der Waals surface area (Å²) < 4.78 is 2.42. The van der Waals surface area contributed by atoms with Gasteiger partial charge < -0.3 is 4.57 Å². The van der Waals surface area contributed by atoms with Crippen LogP contribution in [0.4, 0.5) is 0 Å². The number of imidazole rings is 1. The molecular formula is C14H24N2. The second kappa shape index (κ2) is 3.35. The number of aryl methyl sites for hydroxylation is 1. The summed E-state index contributed by atoms with van der Waals surface area (Å²) in [6.07, 6.45) is 4.66. The lowest BCUT2D eigenvalue weighted by atomic mass is 9.85. The van der Waals surface area contributed by atoms with Gasteiger partial charge in [0.05, 0.1) is 5.69 Å². The van der Waals surface area contributed by atoms with Gasteiger partial charge in [0.1, 0.15) is 5.82 Å². The first-order valence-corrected chi connectivity index (χ1v) is 6.28. The highest BCUT2D eigenvalue weighted by Gasteiger charge is 2.34. The molecule has 0 fully saturated rings. The highest BCUT2D eigenvalue weighted by Crippen LogP contribution is 2.40. The third kappa shape index (κ3) is 1.90. The largest absolute Gasteiger partial charge is 0.331 e. The minimum atomic E-state index is 0.166. The topological polar surface area (TPSA) is 17.8 Å². The van der Waals surface area contributed by atoms with E-state index in [-0.39, 0.29) is 5.41 Å². The van der Waals surface area contributed by atoms with Crippen molar-refractivity contribution in [2.24, 2.45) is 5.41 Å². The molecule has 1 unspecified atom stereocenters. The molecule has 0 saturated carbocycles. The zero-order valence-corrected chi connectivity index (χ0v) is 11.5. The fraction of sp³-hybridized carbons (Fsp3) is 0.786. The van der Waals surface area contributed by atoms with Gasteiger partial charge in [-0.05, 0) is 11.8 Å². The fourth-order valence-electron chi connectivity index (χ4n) is 2.50. The molecule has 0 N–H and O–H groups in total. The monoisotopic (exact) mass is 220 g/mol. The summed E-state index contributed by atoms with van der Waals surface area (Å²) in [4.78, 5) is 4.79. The number of fused-ring (bicyclic) bond motifs is 1. The van der Waals surface area contributed by atoms with Gasteiger partial charge in [-0.15, -0.1) is 0 Å². The predicted octanol–water partition coefficient (Wildman–Crippen LogP) is 3.71. The molecule has 2 heteroatoms. The van der Waals surface area contributed by atoms with Crippen molar-refractivity contribution in [3.63, 3.8) is 0 Å². The third-order valence-corrected chi connectivity index (χ3v) is 3.55. The summed E-state index contributed by atoms with van der Waals surface area (Å²) in [6.45, 7) is 13.7. The van der Waals surface area contributed by atoms with E-state index >= 15 is 0 Å². The van der Waals surface area contributed by atoms with Crippen LogP contribution in [0.2, 0.25) is 0 Å².